The molecule has 0 heterocycles. The summed E-state index contributed by atoms with van der Waals surface area (Å²) in [5.74, 6) is -0.989. The van der Waals surface area contributed by atoms with E-state index in [9.17, 15) is 14.4 Å². The van der Waals surface area contributed by atoms with E-state index in [0.717, 1.165) is 89.9 Å². The van der Waals surface area contributed by atoms with Crippen LogP contribution in [-0.2, 0) is 28.6 Å². The Kier molecular flexibility index (Phi) is 57.3. The molecule has 1 unspecified atom stereocenters. The van der Waals surface area contributed by atoms with Crippen LogP contribution in [0.25, 0.3) is 0 Å². The number of unbranched alkanes of at least 4 members (excludes halogenated alkanes) is 30. The maximum Gasteiger partial charge on any atom is 0.306 e. The maximum absolute atomic E-state index is 12.8. The lowest BCUT2D eigenvalue weighted by atomic mass is 10.0. The monoisotopic (exact) mass is 1000 g/mol. The third kappa shape index (κ3) is 57.5. The van der Waals surface area contributed by atoms with Gasteiger partial charge in [0.25, 0.3) is 0 Å². The highest BCUT2D eigenvalue weighted by Crippen LogP contribution is 2.16. The average molecular weight is 1000 g/mol. The van der Waals surface area contributed by atoms with Gasteiger partial charge < -0.3 is 14.2 Å². The van der Waals surface area contributed by atoms with Crippen molar-refractivity contribution in [2.45, 2.75) is 303 Å². The molecule has 0 saturated heterocycles. The minimum absolute atomic E-state index is 0.107. The van der Waals surface area contributed by atoms with Gasteiger partial charge in [-0.2, -0.15) is 0 Å². The number of hydrogen-bond donors (Lipinski definition) is 0. The number of esters is 3. The van der Waals surface area contributed by atoms with E-state index in [2.05, 4.69) is 99.8 Å². The second-order valence-corrected chi connectivity index (χ2v) is 20.2. The summed E-state index contributed by atoms with van der Waals surface area (Å²) < 4.78 is 16.8. The molecular formula is C66H114O6. The summed E-state index contributed by atoms with van der Waals surface area (Å²) in [6, 6.07) is 0. The minimum atomic E-state index is -0.820. The van der Waals surface area contributed by atoms with Crippen molar-refractivity contribution in [3.8, 4) is 0 Å². The van der Waals surface area contributed by atoms with Crippen LogP contribution in [0.15, 0.2) is 85.1 Å². The summed E-state index contributed by atoms with van der Waals surface area (Å²) >= 11 is 0. The van der Waals surface area contributed by atoms with Crippen LogP contribution < -0.4 is 0 Å². The first kappa shape index (κ1) is 68.6. The van der Waals surface area contributed by atoms with Gasteiger partial charge in [0.05, 0.1) is 0 Å². The molecule has 0 aromatic rings. The van der Waals surface area contributed by atoms with E-state index < -0.39 is 12.1 Å². The van der Waals surface area contributed by atoms with Gasteiger partial charge in [0.1, 0.15) is 13.2 Å². The Morgan fingerprint density at radius 3 is 0.903 bits per heavy atom. The normalized spacial score (nSPS) is 12.7. The van der Waals surface area contributed by atoms with Crippen LogP contribution in [0.1, 0.15) is 297 Å². The third-order valence-corrected chi connectivity index (χ3v) is 13.1. The summed E-state index contributed by atoms with van der Waals surface area (Å²) in [6.45, 7) is 6.48. The minimum Gasteiger partial charge on any atom is -0.462 e. The number of hydrogen-bond acceptors (Lipinski definition) is 6. The maximum atomic E-state index is 12.8. The number of allylic oxidation sites excluding steroid dienone is 14. The van der Waals surface area contributed by atoms with Gasteiger partial charge in [-0.25, -0.2) is 0 Å². The van der Waals surface area contributed by atoms with Crippen molar-refractivity contribution in [1.82, 2.24) is 0 Å². The molecule has 0 aliphatic rings. The second kappa shape index (κ2) is 60.1. The molecule has 6 nitrogen and oxygen atoms in total. The van der Waals surface area contributed by atoms with E-state index in [1.54, 1.807) is 0 Å². The van der Waals surface area contributed by atoms with Gasteiger partial charge in [0.2, 0.25) is 0 Å². The molecule has 0 fully saturated rings. The molecule has 0 spiro atoms. The van der Waals surface area contributed by atoms with Crippen molar-refractivity contribution in [3.63, 3.8) is 0 Å². The van der Waals surface area contributed by atoms with Crippen LogP contribution >= 0.6 is 0 Å². The molecule has 0 aromatic carbocycles. The van der Waals surface area contributed by atoms with Crippen molar-refractivity contribution in [1.29, 1.82) is 0 Å². The molecular weight excluding hydrogens is 889 g/mol. The highest BCUT2D eigenvalue weighted by molar-refractivity contribution is 5.71. The quantitative estimate of drug-likeness (QED) is 0.0261. The van der Waals surface area contributed by atoms with Gasteiger partial charge in [-0.3, -0.25) is 14.4 Å². The van der Waals surface area contributed by atoms with E-state index in [1.807, 2.05) is 6.08 Å². The number of carbonyl (C=O) groups excluding carboxylic acids is 3. The summed E-state index contributed by atoms with van der Waals surface area (Å²) in [6.07, 6.45) is 78.8. The van der Waals surface area contributed by atoms with E-state index in [1.165, 1.54) is 161 Å². The first-order valence-electron chi connectivity index (χ1n) is 30.6. The van der Waals surface area contributed by atoms with Crippen LogP contribution in [-0.4, -0.2) is 37.2 Å². The van der Waals surface area contributed by atoms with Gasteiger partial charge in [-0.05, 0) is 83.5 Å². The molecule has 0 saturated carbocycles. The first-order chi connectivity index (χ1) is 35.5. The Bertz CT molecular complexity index is 1380. The van der Waals surface area contributed by atoms with Gasteiger partial charge in [-0.1, -0.05) is 279 Å². The molecule has 6 heteroatoms. The number of ether oxygens (including phenoxy) is 3. The average Bonchev–Trinajstić information content (AvgIpc) is 3.38. The molecule has 0 rings (SSSR count). The fourth-order valence-electron chi connectivity index (χ4n) is 8.58. The third-order valence-electron chi connectivity index (χ3n) is 13.1. The fraction of sp³-hybridized carbons (Fsp3) is 0.742. The van der Waals surface area contributed by atoms with Crippen LogP contribution in [0, 0.1) is 0 Å². The summed E-state index contributed by atoms with van der Waals surface area (Å²) in [7, 11) is 0. The fourth-order valence-corrected chi connectivity index (χ4v) is 8.58. The number of carbonyl (C=O) groups is 3. The molecule has 0 bridgehead atoms. The predicted octanol–water partition coefficient (Wildman–Crippen LogP) is 20.7. The van der Waals surface area contributed by atoms with Crippen LogP contribution in [0.2, 0.25) is 0 Å². The first-order valence-corrected chi connectivity index (χ1v) is 30.6. The van der Waals surface area contributed by atoms with Crippen LogP contribution in [0.4, 0.5) is 0 Å². The number of rotatable bonds is 55. The van der Waals surface area contributed by atoms with E-state index >= 15 is 0 Å². The van der Waals surface area contributed by atoms with Gasteiger partial charge in [-0.15, -0.1) is 0 Å². The van der Waals surface area contributed by atoms with E-state index in [4.69, 9.17) is 14.2 Å². The van der Waals surface area contributed by atoms with Crippen molar-refractivity contribution in [2.75, 3.05) is 13.2 Å². The highest BCUT2D eigenvalue weighted by atomic mass is 16.6. The van der Waals surface area contributed by atoms with Crippen molar-refractivity contribution < 1.29 is 28.6 Å². The zero-order valence-electron chi connectivity index (χ0n) is 47.4. The molecule has 0 aliphatic carbocycles. The van der Waals surface area contributed by atoms with E-state index in [0.29, 0.717) is 19.3 Å². The lowest BCUT2D eigenvalue weighted by Crippen LogP contribution is -2.30. The Morgan fingerprint density at radius 2 is 0.569 bits per heavy atom. The van der Waals surface area contributed by atoms with Crippen molar-refractivity contribution in [2.24, 2.45) is 0 Å². The highest BCUT2D eigenvalue weighted by Gasteiger charge is 2.19. The molecule has 0 amide bonds. The molecule has 0 radical (unpaired) electrons. The van der Waals surface area contributed by atoms with Crippen molar-refractivity contribution >= 4 is 17.9 Å². The topological polar surface area (TPSA) is 78.9 Å². The standard InChI is InChI=1S/C66H114O6/c1-4-7-10-13-16-19-22-25-28-30-32-34-35-38-41-44-47-50-53-56-59-65(68)71-62-63(61-70-64(67)58-55-52-49-46-43-40-37-27-24-21-18-15-12-9-6-3)72-66(69)60-57-54-51-48-45-42-39-36-33-31-29-26-23-20-17-14-11-8-5-2/h8,11,17,20,26-27,29,33,36-37,42,45,51,54,63H,4-7,9-10,12-16,18-19,21-25,28,30-32,34-35,38-41,43-44,46-50,52-53,55-62H2,1-3H3/b11-8-,20-17-,29-26-,36-33-,37-27-,45-42-,54-51-. The molecule has 0 aromatic heterocycles. The Hall–Kier alpha value is -3.41. The van der Waals surface area contributed by atoms with Crippen LogP contribution in [0.3, 0.4) is 0 Å². The SMILES string of the molecule is CC/C=C\C/C=C\C/C=C\C/C=C\C/C=C\C/C=C\CCC(=O)OC(COC(=O)CCCCCCC/C=C\CCCCCCCC)COC(=O)CCCCCCCCCCCCCCCCCCCCCC. The molecule has 414 valence electrons. The van der Waals surface area contributed by atoms with Gasteiger partial charge >= 0.3 is 17.9 Å². The second-order valence-electron chi connectivity index (χ2n) is 20.2. The van der Waals surface area contributed by atoms with Crippen LogP contribution in [0.5, 0.6) is 0 Å². The molecule has 0 aliphatic heterocycles. The molecule has 0 N–H and O–H groups in total. The Balaban J connectivity index is 4.46. The summed E-state index contributed by atoms with van der Waals surface area (Å²) in [5.41, 5.74) is 0. The van der Waals surface area contributed by atoms with Crippen molar-refractivity contribution in [3.05, 3.63) is 85.1 Å². The van der Waals surface area contributed by atoms with E-state index in [-0.39, 0.29) is 31.6 Å². The largest absolute Gasteiger partial charge is 0.462 e. The van der Waals surface area contributed by atoms with Gasteiger partial charge in [0.15, 0.2) is 6.10 Å². The Labute approximate surface area is 445 Å². The predicted molar refractivity (Wildman–Crippen MR) is 311 cm³/mol. The molecule has 1 atom stereocenters. The summed E-state index contributed by atoms with van der Waals surface area (Å²) in [4.78, 5) is 38.2. The zero-order valence-corrected chi connectivity index (χ0v) is 47.4. The summed E-state index contributed by atoms with van der Waals surface area (Å²) in [5, 5.41) is 0. The lowest BCUT2D eigenvalue weighted by Gasteiger charge is -2.18. The molecule has 72 heavy (non-hydrogen) atoms. The zero-order chi connectivity index (χ0) is 52.2. The van der Waals surface area contributed by atoms with Gasteiger partial charge in [0, 0.05) is 19.3 Å². The smallest absolute Gasteiger partial charge is 0.306 e. The lowest BCUT2D eigenvalue weighted by molar-refractivity contribution is -0.166. The Morgan fingerprint density at radius 1 is 0.292 bits per heavy atom.